The van der Waals surface area contributed by atoms with Gasteiger partial charge < -0.3 is 19.3 Å². The summed E-state index contributed by atoms with van der Waals surface area (Å²) in [5.41, 5.74) is 0.162. The van der Waals surface area contributed by atoms with Gasteiger partial charge in [0.15, 0.2) is 0 Å². The smallest absolute Gasteiger partial charge is 0.335 e. The average Bonchev–Trinajstić information content (AvgIpc) is 2.55. The van der Waals surface area contributed by atoms with Crippen LogP contribution in [0.2, 0.25) is 0 Å². The Hall–Kier alpha value is -3.09. The van der Waals surface area contributed by atoms with Crippen molar-refractivity contribution in [2.45, 2.75) is 6.92 Å². The van der Waals surface area contributed by atoms with E-state index in [1.807, 2.05) is 0 Å². The van der Waals surface area contributed by atoms with E-state index < -0.39 is 11.9 Å². The fourth-order valence-electron chi connectivity index (χ4n) is 1.11. The first-order chi connectivity index (χ1) is 10.9. The molecule has 0 fully saturated rings. The maximum atomic E-state index is 10.6. The van der Waals surface area contributed by atoms with Crippen molar-refractivity contribution >= 4 is 17.9 Å². The summed E-state index contributed by atoms with van der Waals surface area (Å²) in [6.07, 6.45) is 2.17. The number of benzene rings is 1. The fraction of sp³-hybridized carbons (Fsp3) is 0.188. The summed E-state index contributed by atoms with van der Waals surface area (Å²) in [5, 5.41) is 8.64. The molecule has 0 spiro atoms. The first kappa shape index (κ1) is 19.9. The molecule has 1 aromatic rings. The zero-order valence-electron chi connectivity index (χ0n) is 12.7. The number of ether oxygens (including phenoxy) is 3. The topological polar surface area (TPSA) is 99.1 Å². The second-order valence-corrected chi connectivity index (χ2v) is 3.72. The number of carbonyl (C=O) groups excluding carboxylic acids is 2. The molecule has 0 bridgehead atoms. The molecule has 0 aromatic heterocycles. The van der Waals surface area contributed by atoms with Crippen LogP contribution in [0.1, 0.15) is 17.3 Å². The number of rotatable bonds is 7. The Morgan fingerprint density at radius 1 is 1.04 bits per heavy atom. The van der Waals surface area contributed by atoms with E-state index >= 15 is 0 Å². The quantitative estimate of drug-likeness (QED) is 0.466. The van der Waals surface area contributed by atoms with E-state index in [-0.39, 0.29) is 18.3 Å². The van der Waals surface area contributed by atoms with E-state index in [1.165, 1.54) is 24.3 Å². The monoisotopic (exact) mass is 322 g/mol. The van der Waals surface area contributed by atoms with Crippen LogP contribution in [0, 0.1) is 0 Å². The van der Waals surface area contributed by atoms with Crippen molar-refractivity contribution < 1.29 is 33.7 Å². The van der Waals surface area contributed by atoms with Crippen LogP contribution < -0.4 is 4.74 Å². The van der Waals surface area contributed by atoms with E-state index in [9.17, 15) is 14.4 Å². The lowest BCUT2D eigenvalue weighted by atomic mass is 10.2. The molecule has 0 aliphatic rings. The Morgan fingerprint density at radius 2 is 1.57 bits per heavy atom. The van der Waals surface area contributed by atoms with Gasteiger partial charge in [-0.25, -0.2) is 14.4 Å². The van der Waals surface area contributed by atoms with Gasteiger partial charge in [-0.15, -0.1) is 0 Å². The molecule has 0 aliphatic heterocycles. The average molecular weight is 322 g/mol. The molecule has 1 aromatic carbocycles. The Bertz CT molecular complexity index is 546. The number of hydrogen-bond acceptors (Lipinski definition) is 6. The van der Waals surface area contributed by atoms with Crippen LogP contribution in [0.4, 0.5) is 0 Å². The summed E-state index contributed by atoms with van der Waals surface area (Å²) in [5.74, 6) is -1.53. The van der Waals surface area contributed by atoms with Gasteiger partial charge in [-0.05, 0) is 31.2 Å². The van der Waals surface area contributed by atoms with Crippen LogP contribution in [0.15, 0.2) is 49.6 Å². The Balaban J connectivity index is 0.000000585. The lowest BCUT2D eigenvalue weighted by Crippen LogP contribution is -2.07. The molecule has 0 atom stereocenters. The van der Waals surface area contributed by atoms with Crippen molar-refractivity contribution in [2.75, 3.05) is 13.4 Å². The lowest BCUT2D eigenvalue weighted by molar-refractivity contribution is -0.144. The van der Waals surface area contributed by atoms with Crippen molar-refractivity contribution in [1.82, 2.24) is 0 Å². The van der Waals surface area contributed by atoms with E-state index in [0.29, 0.717) is 12.4 Å². The maximum absolute atomic E-state index is 10.6. The third-order valence-corrected chi connectivity index (χ3v) is 2.15. The minimum absolute atomic E-state index is 0.162. The minimum atomic E-state index is -1.01. The van der Waals surface area contributed by atoms with E-state index in [0.717, 1.165) is 12.2 Å². The molecule has 7 nitrogen and oxygen atoms in total. The van der Waals surface area contributed by atoms with Crippen LogP contribution in [-0.4, -0.2) is 36.4 Å². The van der Waals surface area contributed by atoms with Gasteiger partial charge in [0, 0.05) is 12.2 Å². The molecule has 0 amide bonds. The molecule has 23 heavy (non-hydrogen) atoms. The highest BCUT2D eigenvalue weighted by Gasteiger charge is 2.02. The summed E-state index contributed by atoms with van der Waals surface area (Å²) in [6, 6.07) is 5.75. The van der Waals surface area contributed by atoms with Crippen LogP contribution >= 0.6 is 0 Å². The highest BCUT2D eigenvalue weighted by Crippen LogP contribution is 2.12. The zero-order valence-corrected chi connectivity index (χ0v) is 12.7. The Kier molecular flexibility index (Phi) is 10.0. The number of carbonyl (C=O) groups is 3. The zero-order chi connectivity index (χ0) is 17.7. The van der Waals surface area contributed by atoms with Gasteiger partial charge in [-0.3, -0.25) is 0 Å². The third-order valence-electron chi connectivity index (χ3n) is 2.15. The second kappa shape index (κ2) is 11.6. The first-order valence-electron chi connectivity index (χ1n) is 6.49. The molecule has 1 N–H and O–H groups in total. The van der Waals surface area contributed by atoms with Gasteiger partial charge in [-0.2, -0.15) is 0 Å². The molecular formula is C16H18O7. The standard InChI is InChI=1S/C11H10O5.C5H8O2/c1-2-10(12)16-7-15-9-5-3-8(4-6-9)11(13)14;1-3-5(6)7-4-2/h2-6H,1,7H2,(H,13,14);3H,1,4H2,2H3. The Labute approximate surface area is 133 Å². The van der Waals surface area contributed by atoms with Crippen molar-refractivity contribution in [3.05, 3.63) is 55.1 Å². The van der Waals surface area contributed by atoms with Crippen LogP contribution in [0.25, 0.3) is 0 Å². The van der Waals surface area contributed by atoms with E-state index in [2.05, 4.69) is 22.6 Å². The first-order valence-corrected chi connectivity index (χ1v) is 6.49. The van der Waals surface area contributed by atoms with Gasteiger partial charge in [0.05, 0.1) is 12.2 Å². The van der Waals surface area contributed by atoms with Gasteiger partial charge in [0.25, 0.3) is 0 Å². The number of esters is 2. The molecule has 0 saturated carbocycles. The summed E-state index contributed by atoms with van der Waals surface area (Å²) < 4.78 is 14.0. The summed E-state index contributed by atoms with van der Waals surface area (Å²) in [7, 11) is 0. The molecular weight excluding hydrogens is 304 g/mol. The largest absolute Gasteiger partial charge is 0.478 e. The number of aromatic carboxylic acids is 1. The van der Waals surface area contributed by atoms with Gasteiger partial charge in [0.1, 0.15) is 5.75 Å². The minimum Gasteiger partial charge on any atom is -0.478 e. The van der Waals surface area contributed by atoms with Gasteiger partial charge in [0.2, 0.25) is 6.79 Å². The fourth-order valence-corrected chi connectivity index (χ4v) is 1.11. The van der Waals surface area contributed by atoms with Gasteiger partial charge in [-0.1, -0.05) is 13.2 Å². The van der Waals surface area contributed by atoms with Crippen molar-refractivity contribution in [1.29, 1.82) is 0 Å². The molecule has 0 heterocycles. The molecule has 124 valence electrons. The van der Waals surface area contributed by atoms with Gasteiger partial charge >= 0.3 is 17.9 Å². The normalized spacial score (nSPS) is 8.74. The number of carboxylic acid groups (broad SMARTS) is 1. The molecule has 0 radical (unpaired) electrons. The maximum Gasteiger partial charge on any atom is 0.335 e. The molecule has 0 aliphatic carbocycles. The predicted octanol–water partition coefficient (Wildman–Crippen LogP) is 2.19. The molecule has 1 rings (SSSR count). The van der Waals surface area contributed by atoms with E-state index in [1.54, 1.807) is 6.92 Å². The number of carboxylic acids is 1. The van der Waals surface area contributed by atoms with Crippen LogP contribution in [0.5, 0.6) is 5.75 Å². The summed E-state index contributed by atoms with van der Waals surface area (Å²) in [4.78, 5) is 31.3. The summed E-state index contributed by atoms with van der Waals surface area (Å²) in [6.45, 7) is 8.36. The lowest BCUT2D eigenvalue weighted by Gasteiger charge is -2.05. The summed E-state index contributed by atoms with van der Waals surface area (Å²) >= 11 is 0. The van der Waals surface area contributed by atoms with E-state index in [4.69, 9.17) is 9.84 Å². The SMILES string of the molecule is C=CC(=O)OCC.C=CC(=O)OCOc1ccc(C(=O)O)cc1. The highest BCUT2D eigenvalue weighted by molar-refractivity contribution is 5.87. The number of hydrogen-bond donors (Lipinski definition) is 1. The van der Waals surface area contributed by atoms with Crippen LogP contribution in [-0.2, 0) is 19.1 Å². The van der Waals surface area contributed by atoms with Crippen LogP contribution in [0.3, 0.4) is 0 Å². The Morgan fingerprint density at radius 3 is 1.96 bits per heavy atom. The highest BCUT2D eigenvalue weighted by atomic mass is 16.7. The molecule has 7 heteroatoms. The second-order valence-electron chi connectivity index (χ2n) is 3.72. The molecule has 0 unspecified atom stereocenters. The van der Waals surface area contributed by atoms with Crippen molar-refractivity contribution in [2.24, 2.45) is 0 Å². The third kappa shape index (κ3) is 9.46. The molecule has 0 saturated heterocycles. The predicted molar refractivity (Wildman–Crippen MR) is 82.0 cm³/mol. The van der Waals surface area contributed by atoms with Crippen molar-refractivity contribution in [3.63, 3.8) is 0 Å². The van der Waals surface area contributed by atoms with Crippen molar-refractivity contribution in [3.8, 4) is 5.75 Å².